The zero-order valence-corrected chi connectivity index (χ0v) is 15.7. The van der Waals surface area contributed by atoms with Crippen LogP contribution < -0.4 is 10.6 Å². The quantitative estimate of drug-likeness (QED) is 0.861. The van der Waals surface area contributed by atoms with Crippen LogP contribution in [0.25, 0.3) is 0 Å². The minimum Gasteiger partial charge on any atom is -0.334 e. The number of likely N-dealkylation sites (tertiary alicyclic amines) is 1. The van der Waals surface area contributed by atoms with Crippen LogP contribution in [0.1, 0.15) is 32.3 Å². The lowest BCUT2D eigenvalue weighted by atomic mass is 10.1. The van der Waals surface area contributed by atoms with Crippen molar-refractivity contribution in [2.24, 2.45) is 5.92 Å². The van der Waals surface area contributed by atoms with Crippen LogP contribution >= 0.6 is 0 Å². The molecule has 25 heavy (non-hydrogen) atoms. The second-order valence-corrected chi connectivity index (χ2v) is 7.21. The molecule has 0 saturated carbocycles. The molecular weight excluding hydrogens is 316 g/mol. The molecule has 1 atom stereocenters. The molecule has 1 aliphatic heterocycles. The van der Waals surface area contributed by atoms with E-state index in [-0.39, 0.29) is 17.9 Å². The number of amides is 3. The first-order valence-electron chi connectivity index (χ1n) is 8.96. The largest absolute Gasteiger partial charge is 0.334 e. The highest BCUT2D eigenvalue weighted by molar-refractivity contribution is 5.92. The van der Waals surface area contributed by atoms with Gasteiger partial charge in [-0.25, -0.2) is 4.79 Å². The van der Waals surface area contributed by atoms with Gasteiger partial charge in [-0.15, -0.1) is 0 Å². The number of hydrogen-bond acceptors (Lipinski definition) is 3. The van der Waals surface area contributed by atoms with Crippen LogP contribution in [0.4, 0.5) is 10.5 Å². The van der Waals surface area contributed by atoms with E-state index in [2.05, 4.69) is 29.6 Å². The Balaban J connectivity index is 1.88. The highest BCUT2D eigenvalue weighted by Gasteiger charge is 2.24. The number of carbonyl (C=O) groups excluding carboxylic acids is 2. The molecule has 6 heteroatoms. The zero-order valence-electron chi connectivity index (χ0n) is 15.7. The summed E-state index contributed by atoms with van der Waals surface area (Å²) in [5.41, 5.74) is 1.73. The van der Waals surface area contributed by atoms with Crippen LogP contribution in [-0.2, 0) is 11.3 Å². The fraction of sp³-hybridized carbons (Fsp3) is 0.579. The molecule has 1 heterocycles. The van der Waals surface area contributed by atoms with Gasteiger partial charge in [0.2, 0.25) is 5.91 Å². The number of nitrogens with one attached hydrogen (secondary N) is 2. The maximum absolute atomic E-state index is 12.4. The first-order chi connectivity index (χ1) is 11.9. The highest BCUT2D eigenvalue weighted by Crippen LogP contribution is 2.15. The van der Waals surface area contributed by atoms with Gasteiger partial charge in [-0.1, -0.05) is 26.0 Å². The predicted octanol–water partition coefficient (Wildman–Crippen LogP) is 2.52. The topological polar surface area (TPSA) is 64.7 Å². The van der Waals surface area contributed by atoms with Gasteiger partial charge < -0.3 is 20.4 Å². The third kappa shape index (κ3) is 5.74. The Kier molecular flexibility index (Phi) is 6.82. The van der Waals surface area contributed by atoms with Gasteiger partial charge in [-0.3, -0.25) is 4.79 Å². The Labute approximate surface area is 150 Å². The summed E-state index contributed by atoms with van der Waals surface area (Å²) in [6.45, 7) is 5.75. The van der Waals surface area contributed by atoms with E-state index in [1.807, 2.05) is 43.0 Å². The molecule has 2 N–H and O–H groups in total. The van der Waals surface area contributed by atoms with Crippen LogP contribution in [0.3, 0.4) is 0 Å². The normalized spacial score (nSPS) is 17.7. The molecule has 2 rings (SSSR count). The number of hydrogen-bond donors (Lipinski definition) is 2. The van der Waals surface area contributed by atoms with Gasteiger partial charge >= 0.3 is 6.03 Å². The molecule has 0 spiro atoms. The lowest BCUT2D eigenvalue weighted by molar-refractivity contribution is -0.118. The number of rotatable bonds is 5. The standard InChI is InChI=1S/C19H30N4O2/c1-14(2)18(24)21-16-8-5-7-15(11-16)12-20-19(25)23-10-6-9-17(13-23)22(3)4/h5,7-8,11,14,17H,6,9-10,12-13H2,1-4H3,(H,20,25)(H,21,24)/t17-/m1/s1. The Morgan fingerprint density at radius 3 is 2.76 bits per heavy atom. The summed E-state index contributed by atoms with van der Waals surface area (Å²) in [5.74, 6) is -0.0728. The summed E-state index contributed by atoms with van der Waals surface area (Å²) < 4.78 is 0. The van der Waals surface area contributed by atoms with E-state index in [1.54, 1.807) is 0 Å². The SMILES string of the molecule is CC(C)C(=O)Nc1cccc(CNC(=O)N2CCC[C@@H](N(C)C)C2)c1. The lowest BCUT2D eigenvalue weighted by Crippen LogP contribution is -2.50. The zero-order chi connectivity index (χ0) is 18.4. The molecule has 0 unspecified atom stereocenters. The molecule has 3 amide bonds. The minimum absolute atomic E-state index is 0.00997. The van der Waals surface area contributed by atoms with Crippen LogP contribution in [0.15, 0.2) is 24.3 Å². The van der Waals surface area contributed by atoms with E-state index in [9.17, 15) is 9.59 Å². The van der Waals surface area contributed by atoms with Crippen molar-refractivity contribution < 1.29 is 9.59 Å². The fourth-order valence-electron chi connectivity index (χ4n) is 2.90. The Hall–Kier alpha value is -2.08. The van der Waals surface area contributed by atoms with Gasteiger partial charge in [-0.05, 0) is 44.6 Å². The second kappa shape index (κ2) is 8.85. The van der Waals surface area contributed by atoms with Gasteiger partial charge in [0, 0.05) is 37.3 Å². The van der Waals surface area contributed by atoms with Crippen LogP contribution in [0.2, 0.25) is 0 Å². The average molecular weight is 346 g/mol. The lowest BCUT2D eigenvalue weighted by Gasteiger charge is -2.36. The molecule has 0 aromatic heterocycles. The average Bonchev–Trinajstić information content (AvgIpc) is 2.60. The van der Waals surface area contributed by atoms with Crippen molar-refractivity contribution in [1.29, 1.82) is 0 Å². The van der Waals surface area contributed by atoms with Gasteiger partial charge in [0.05, 0.1) is 0 Å². The molecule has 1 fully saturated rings. The van der Waals surface area contributed by atoms with Crippen molar-refractivity contribution in [3.8, 4) is 0 Å². The number of piperidine rings is 1. The van der Waals surface area contributed by atoms with E-state index < -0.39 is 0 Å². The minimum atomic E-state index is -0.0629. The van der Waals surface area contributed by atoms with E-state index in [4.69, 9.17) is 0 Å². The third-order valence-electron chi connectivity index (χ3n) is 4.58. The molecule has 138 valence electrons. The maximum atomic E-state index is 12.4. The molecule has 1 aromatic rings. The molecule has 1 aromatic carbocycles. The maximum Gasteiger partial charge on any atom is 0.317 e. The van der Waals surface area contributed by atoms with E-state index in [0.717, 1.165) is 37.2 Å². The third-order valence-corrected chi connectivity index (χ3v) is 4.58. The number of carbonyl (C=O) groups is 2. The molecular formula is C19H30N4O2. The Bertz CT molecular complexity index is 601. The molecule has 1 aliphatic rings. The summed E-state index contributed by atoms with van der Waals surface area (Å²) in [6, 6.07) is 8.00. The van der Waals surface area contributed by atoms with Gasteiger partial charge in [0.15, 0.2) is 0 Å². The Morgan fingerprint density at radius 2 is 2.08 bits per heavy atom. The van der Waals surface area contributed by atoms with Crippen molar-refractivity contribution >= 4 is 17.6 Å². The van der Waals surface area contributed by atoms with E-state index in [0.29, 0.717) is 12.6 Å². The Morgan fingerprint density at radius 1 is 1.32 bits per heavy atom. The number of benzene rings is 1. The molecule has 0 aliphatic carbocycles. The number of anilines is 1. The molecule has 6 nitrogen and oxygen atoms in total. The first kappa shape index (κ1) is 19.2. The summed E-state index contributed by atoms with van der Waals surface area (Å²) in [6.07, 6.45) is 2.17. The highest BCUT2D eigenvalue weighted by atomic mass is 16.2. The summed E-state index contributed by atoms with van der Waals surface area (Å²) in [5, 5.41) is 5.87. The summed E-state index contributed by atoms with van der Waals surface area (Å²) >= 11 is 0. The van der Waals surface area contributed by atoms with Gasteiger partial charge in [0.1, 0.15) is 0 Å². The van der Waals surface area contributed by atoms with Crippen molar-refractivity contribution in [1.82, 2.24) is 15.1 Å². The van der Waals surface area contributed by atoms with Crippen molar-refractivity contribution in [3.63, 3.8) is 0 Å². The van der Waals surface area contributed by atoms with Crippen LogP contribution in [-0.4, -0.2) is 55.0 Å². The molecule has 0 bridgehead atoms. The summed E-state index contributed by atoms with van der Waals surface area (Å²) in [7, 11) is 4.12. The second-order valence-electron chi connectivity index (χ2n) is 7.21. The fourth-order valence-corrected chi connectivity index (χ4v) is 2.90. The molecule has 0 radical (unpaired) electrons. The van der Waals surface area contributed by atoms with Crippen molar-refractivity contribution in [2.45, 2.75) is 39.3 Å². The van der Waals surface area contributed by atoms with E-state index >= 15 is 0 Å². The van der Waals surface area contributed by atoms with Gasteiger partial charge in [-0.2, -0.15) is 0 Å². The smallest absolute Gasteiger partial charge is 0.317 e. The van der Waals surface area contributed by atoms with Crippen molar-refractivity contribution in [3.05, 3.63) is 29.8 Å². The van der Waals surface area contributed by atoms with Gasteiger partial charge in [0.25, 0.3) is 0 Å². The predicted molar refractivity (Wildman–Crippen MR) is 100 cm³/mol. The monoisotopic (exact) mass is 346 g/mol. The first-order valence-corrected chi connectivity index (χ1v) is 8.96. The number of likely N-dealkylation sites (N-methyl/N-ethyl adjacent to an activating group) is 1. The van der Waals surface area contributed by atoms with Crippen molar-refractivity contribution in [2.75, 3.05) is 32.5 Å². The van der Waals surface area contributed by atoms with E-state index in [1.165, 1.54) is 0 Å². The van der Waals surface area contributed by atoms with Crippen LogP contribution in [0.5, 0.6) is 0 Å². The number of nitrogens with zero attached hydrogens (tertiary/aromatic N) is 2. The summed E-state index contributed by atoms with van der Waals surface area (Å²) in [4.78, 5) is 28.3. The van der Waals surface area contributed by atoms with Crippen LogP contribution in [0, 0.1) is 5.92 Å². The number of urea groups is 1. The molecule has 1 saturated heterocycles.